The SMILES string of the molecule is NCC(=O)N1CC2(CC2)C[C@@H]1Cc1cccc(-c2ccccc2)c1F. The van der Waals surface area contributed by atoms with Gasteiger partial charge in [-0.2, -0.15) is 0 Å². The normalized spacial score (nSPS) is 20.9. The van der Waals surface area contributed by atoms with Crippen LogP contribution in [0.1, 0.15) is 24.8 Å². The van der Waals surface area contributed by atoms with Gasteiger partial charge in [-0.1, -0.05) is 48.5 Å². The number of hydrogen-bond acceptors (Lipinski definition) is 2. The van der Waals surface area contributed by atoms with Crippen LogP contribution in [-0.2, 0) is 11.2 Å². The number of nitrogens with zero attached hydrogens (tertiary/aromatic N) is 1. The molecular formula is C21H23FN2O. The standard InChI is InChI=1S/C21H23FN2O/c22-20-16(7-4-8-18(20)15-5-2-1-3-6-15)11-17-12-21(9-10-21)14-24(17)19(25)13-23/h1-8,17H,9-14,23H2/t17-/m0/s1. The highest BCUT2D eigenvalue weighted by atomic mass is 19.1. The summed E-state index contributed by atoms with van der Waals surface area (Å²) in [6.07, 6.45) is 3.86. The van der Waals surface area contributed by atoms with Gasteiger partial charge < -0.3 is 10.6 Å². The molecule has 1 saturated heterocycles. The molecule has 0 unspecified atom stereocenters. The third-order valence-corrected chi connectivity index (χ3v) is 5.69. The van der Waals surface area contributed by atoms with Gasteiger partial charge in [0.2, 0.25) is 5.91 Å². The first-order valence-electron chi connectivity index (χ1n) is 8.94. The van der Waals surface area contributed by atoms with E-state index in [0.717, 1.165) is 18.5 Å². The van der Waals surface area contributed by atoms with E-state index in [2.05, 4.69) is 0 Å². The van der Waals surface area contributed by atoms with E-state index < -0.39 is 0 Å². The highest BCUT2D eigenvalue weighted by Crippen LogP contribution is 2.55. The maximum Gasteiger partial charge on any atom is 0.236 e. The molecule has 25 heavy (non-hydrogen) atoms. The molecule has 1 saturated carbocycles. The molecule has 1 spiro atoms. The second-order valence-electron chi connectivity index (χ2n) is 7.43. The summed E-state index contributed by atoms with van der Waals surface area (Å²) in [5, 5.41) is 0. The van der Waals surface area contributed by atoms with Gasteiger partial charge in [0, 0.05) is 18.2 Å². The van der Waals surface area contributed by atoms with Crippen molar-refractivity contribution in [1.82, 2.24) is 4.90 Å². The summed E-state index contributed by atoms with van der Waals surface area (Å²) in [5.74, 6) is -0.195. The van der Waals surface area contributed by atoms with Crippen LogP contribution in [0.2, 0.25) is 0 Å². The first-order valence-corrected chi connectivity index (χ1v) is 8.94. The molecule has 4 heteroatoms. The van der Waals surface area contributed by atoms with Gasteiger partial charge >= 0.3 is 0 Å². The van der Waals surface area contributed by atoms with Crippen molar-refractivity contribution in [3.8, 4) is 11.1 Å². The quantitative estimate of drug-likeness (QED) is 0.929. The summed E-state index contributed by atoms with van der Waals surface area (Å²) in [7, 11) is 0. The lowest BCUT2D eigenvalue weighted by Gasteiger charge is -2.24. The molecule has 0 aromatic heterocycles. The molecule has 1 aliphatic carbocycles. The Morgan fingerprint density at radius 2 is 1.92 bits per heavy atom. The van der Waals surface area contributed by atoms with Crippen molar-refractivity contribution in [2.45, 2.75) is 31.7 Å². The molecule has 4 rings (SSSR count). The smallest absolute Gasteiger partial charge is 0.236 e. The molecule has 1 amide bonds. The summed E-state index contributed by atoms with van der Waals surface area (Å²) in [4.78, 5) is 14.1. The van der Waals surface area contributed by atoms with Gasteiger partial charge in [-0.05, 0) is 42.2 Å². The van der Waals surface area contributed by atoms with E-state index in [9.17, 15) is 4.79 Å². The van der Waals surface area contributed by atoms with Crippen molar-refractivity contribution < 1.29 is 9.18 Å². The fourth-order valence-corrected chi connectivity index (χ4v) is 4.13. The Kier molecular flexibility index (Phi) is 4.08. The van der Waals surface area contributed by atoms with Gasteiger partial charge in [0.05, 0.1) is 6.54 Å². The lowest BCUT2D eigenvalue weighted by atomic mass is 9.95. The van der Waals surface area contributed by atoms with Crippen molar-refractivity contribution in [2.75, 3.05) is 13.1 Å². The van der Waals surface area contributed by atoms with E-state index in [4.69, 9.17) is 5.73 Å². The molecule has 1 aliphatic heterocycles. The number of benzene rings is 2. The molecule has 0 bridgehead atoms. The predicted molar refractivity (Wildman–Crippen MR) is 96.4 cm³/mol. The third-order valence-electron chi connectivity index (χ3n) is 5.69. The lowest BCUT2D eigenvalue weighted by Crippen LogP contribution is -2.40. The van der Waals surface area contributed by atoms with Crippen LogP contribution in [0, 0.1) is 11.2 Å². The predicted octanol–water partition coefficient (Wildman–Crippen LogP) is 3.38. The molecule has 1 atom stereocenters. The number of hydrogen-bond donors (Lipinski definition) is 1. The first-order chi connectivity index (χ1) is 12.1. The number of amides is 1. The van der Waals surface area contributed by atoms with Crippen LogP contribution in [0.25, 0.3) is 11.1 Å². The summed E-state index contributed by atoms with van der Waals surface area (Å²) < 4.78 is 15.1. The molecule has 2 aliphatic rings. The number of carbonyl (C=O) groups excluding carboxylic acids is 1. The Morgan fingerprint density at radius 3 is 2.60 bits per heavy atom. The van der Waals surface area contributed by atoms with Gasteiger partial charge in [-0.3, -0.25) is 4.79 Å². The molecule has 3 nitrogen and oxygen atoms in total. The Balaban J connectivity index is 1.61. The van der Waals surface area contributed by atoms with E-state index in [1.165, 1.54) is 12.8 Å². The van der Waals surface area contributed by atoms with Crippen molar-refractivity contribution in [1.29, 1.82) is 0 Å². The fourth-order valence-electron chi connectivity index (χ4n) is 4.13. The van der Waals surface area contributed by atoms with Crippen LogP contribution in [0.4, 0.5) is 4.39 Å². The highest BCUT2D eigenvalue weighted by molar-refractivity contribution is 5.79. The second kappa shape index (κ2) is 6.26. The van der Waals surface area contributed by atoms with Gasteiger partial charge in [-0.15, -0.1) is 0 Å². The van der Waals surface area contributed by atoms with Crippen LogP contribution in [0.15, 0.2) is 48.5 Å². The number of rotatable bonds is 4. The molecule has 2 N–H and O–H groups in total. The highest BCUT2D eigenvalue weighted by Gasteiger charge is 2.52. The molecule has 0 radical (unpaired) electrons. The molecule has 2 aromatic rings. The van der Waals surface area contributed by atoms with Crippen LogP contribution in [0.3, 0.4) is 0 Å². The van der Waals surface area contributed by atoms with Gasteiger partial charge in [0.25, 0.3) is 0 Å². The zero-order chi connectivity index (χ0) is 17.4. The van der Waals surface area contributed by atoms with Gasteiger partial charge in [0.15, 0.2) is 0 Å². The molecule has 130 valence electrons. The van der Waals surface area contributed by atoms with Crippen LogP contribution in [-0.4, -0.2) is 29.9 Å². The zero-order valence-electron chi connectivity index (χ0n) is 14.2. The maximum absolute atomic E-state index is 15.1. The van der Waals surface area contributed by atoms with Crippen molar-refractivity contribution in [3.63, 3.8) is 0 Å². The van der Waals surface area contributed by atoms with E-state index >= 15 is 4.39 Å². The van der Waals surface area contributed by atoms with Crippen molar-refractivity contribution in [2.24, 2.45) is 11.1 Å². The van der Waals surface area contributed by atoms with E-state index in [1.807, 2.05) is 53.4 Å². The van der Waals surface area contributed by atoms with E-state index in [1.54, 1.807) is 0 Å². The summed E-state index contributed by atoms with van der Waals surface area (Å²) in [5.41, 5.74) is 8.04. The number of nitrogens with two attached hydrogens (primary N) is 1. The minimum absolute atomic E-state index is 0.0200. The van der Waals surface area contributed by atoms with Gasteiger partial charge in [-0.25, -0.2) is 4.39 Å². The maximum atomic E-state index is 15.1. The Morgan fingerprint density at radius 1 is 1.16 bits per heavy atom. The average Bonchev–Trinajstić information content (AvgIpc) is 3.30. The summed E-state index contributed by atoms with van der Waals surface area (Å²) >= 11 is 0. The number of halogens is 1. The van der Waals surface area contributed by atoms with Crippen LogP contribution >= 0.6 is 0 Å². The Bertz CT molecular complexity index is 786. The Hall–Kier alpha value is -2.20. The average molecular weight is 338 g/mol. The summed E-state index contributed by atoms with van der Waals surface area (Å²) in [6, 6.07) is 15.2. The lowest BCUT2D eigenvalue weighted by molar-refractivity contribution is -0.130. The van der Waals surface area contributed by atoms with E-state index in [-0.39, 0.29) is 29.7 Å². The molecule has 1 heterocycles. The first kappa shape index (κ1) is 16.3. The number of carbonyl (C=O) groups is 1. The largest absolute Gasteiger partial charge is 0.338 e. The molecular weight excluding hydrogens is 315 g/mol. The molecule has 2 fully saturated rings. The van der Waals surface area contributed by atoms with Crippen molar-refractivity contribution >= 4 is 5.91 Å². The van der Waals surface area contributed by atoms with Crippen LogP contribution in [0.5, 0.6) is 0 Å². The van der Waals surface area contributed by atoms with Gasteiger partial charge in [0.1, 0.15) is 5.82 Å². The van der Waals surface area contributed by atoms with Crippen molar-refractivity contribution in [3.05, 3.63) is 59.9 Å². The minimum Gasteiger partial charge on any atom is -0.338 e. The third kappa shape index (κ3) is 3.07. The Labute approximate surface area is 147 Å². The minimum atomic E-state index is -0.175. The molecule has 2 aromatic carbocycles. The zero-order valence-corrected chi connectivity index (χ0v) is 14.2. The second-order valence-corrected chi connectivity index (χ2v) is 7.43. The van der Waals surface area contributed by atoms with Crippen LogP contribution < -0.4 is 5.73 Å². The van der Waals surface area contributed by atoms with E-state index in [0.29, 0.717) is 17.5 Å². The fraction of sp³-hybridized carbons (Fsp3) is 0.381. The number of likely N-dealkylation sites (tertiary alicyclic amines) is 1. The summed E-state index contributed by atoms with van der Waals surface area (Å²) in [6.45, 7) is 0.812. The topological polar surface area (TPSA) is 46.3 Å². The monoisotopic (exact) mass is 338 g/mol.